The molecule has 1 amide bonds. The zero-order valence-electron chi connectivity index (χ0n) is 18.3. The lowest BCUT2D eigenvalue weighted by atomic mass is 9.80. The van der Waals surface area contributed by atoms with E-state index in [1.54, 1.807) is 7.11 Å². The van der Waals surface area contributed by atoms with Crippen LogP contribution in [0.3, 0.4) is 0 Å². The molecule has 0 bridgehead atoms. The van der Waals surface area contributed by atoms with Crippen molar-refractivity contribution < 1.29 is 14.3 Å². The summed E-state index contributed by atoms with van der Waals surface area (Å²) in [6.07, 6.45) is 0.533. The van der Waals surface area contributed by atoms with Gasteiger partial charge in [-0.3, -0.25) is 14.8 Å². The number of aryl methyl sites for hydroxylation is 1. The van der Waals surface area contributed by atoms with Crippen molar-refractivity contribution in [2.75, 3.05) is 39.9 Å². The lowest BCUT2D eigenvalue weighted by Gasteiger charge is -2.27. The number of hydrogen-bond donors (Lipinski definition) is 1. The van der Waals surface area contributed by atoms with Gasteiger partial charge in [-0.15, -0.1) is 0 Å². The minimum absolute atomic E-state index is 0.207. The lowest BCUT2D eigenvalue weighted by molar-refractivity contribution is -0.130. The van der Waals surface area contributed by atoms with Gasteiger partial charge in [0.1, 0.15) is 5.82 Å². The number of benzene rings is 1. The van der Waals surface area contributed by atoms with Crippen LogP contribution in [0.4, 0.5) is 0 Å². The molecule has 0 radical (unpaired) electrons. The van der Waals surface area contributed by atoms with Gasteiger partial charge in [0.25, 0.3) is 0 Å². The van der Waals surface area contributed by atoms with Gasteiger partial charge in [0, 0.05) is 45.1 Å². The number of amides is 1. The van der Waals surface area contributed by atoms with Crippen LogP contribution in [-0.4, -0.2) is 70.8 Å². The molecule has 3 heterocycles. The molecular weight excluding hydrogens is 382 g/mol. The topological polar surface area (TPSA) is 83.6 Å². The Balaban J connectivity index is 1.55. The third-order valence-corrected chi connectivity index (χ3v) is 6.31. The van der Waals surface area contributed by atoms with Crippen molar-refractivity contribution in [3.63, 3.8) is 0 Å². The summed E-state index contributed by atoms with van der Waals surface area (Å²) in [7, 11) is 1.67. The standard InChI is InChI=1S/C22H31N5O3/c1-5-20(28)27-12-17-11-26(13-22(17,14-27)21-23-15(3)24-25-21)10-16-7-8-18(30-6-2)19(9-16)29-4/h7-9,17H,5-6,10-14H2,1-4H3,(H,23,24,25)/t17-,22-/m1/s1. The fourth-order valence-corrected chi connectivity index (χ4v) is 4.93. The van der Waals surface area contributed by atoms with Gasteiger partial charge < -0.3 is 14.4 Å². The number of fused-ring (bicyclic) bond motifs is 1. The van der Waals surface area contributed by atoms with E-state index in [1.165, 1.54) is 5.56 Å². The molecule has 0 saturated carbocycles. The van der Waals surface area contributed by atoms with Crippen LogP contribution in [0.2, 0.25) is 0 Å². The van der Waals surface area contributed by atoms with Crippen LogP contribution >= 0.6 is 0 Å². The summed E-state index contributed by atoms with van der Waals surface area (Å²) in [6.45, 7) is 10.4. The van der Waals surface area contributed by atoms with Crippen LogP contribution in [0.5, 0.6) is 11.5 Å². The number of carbonyl (C=O) groups is 1. The number of H-pyrrole nitrogens is 1. The third-order valence-electron chi connectivity index (χ3n) is 6.31. The number of ether oxygens (including phenoxy) is 2. The summed E-state index contributed by atoms with van der Waals surface area (Å²) < 4.78 is 11.1. The molecule has 1 aromatic carbocycles. The van der Waals surface area contributed by atoms with Gasteiger partial charge in [0.2, 0.25) is 5.91 Å². The van der Waals surface area contributed by atoms with Crippen molar-refractivity contribution in [2.45, 2.75) is 39.2 Å². The predicted molar refractivity (Wildman–Crippen MR) is 113 cm³/mol. The van der Waals surface area contributed by atoms with E-state index in [2.05, 4.69) is 32.2 Å². The number of hydrogen-bond acceptors (Lipinski definition) is 6. The molecule has 0 aliphatic carbocycles. The Bertz CT molecular complexity index is 914. The van der Waals surface area contributed by atoms with Crippen molar-refractivity contribution in [1.82, 2.24) is 25.0 Å². The molecule has 1 aromatic heterocycles. The largest absolute Gasteiger partial charge is 0.493 e. The minimum atomic E-state index is -0.217. The Morgan fingerprint density at radius 2 is 2.10 bits per heavy atom. The van der Waals surface area contributed by atoms with E-state index in [0.29, 0.717) is 25.5 Å². The van der Waals surface area contributed by atoms with Gasteiger partial charge in [-0.2, -0.15) is 5.10 Å². The van der Waals surface area contributed by atoms with Crippen molar-refractivity contribution in [2.24, 2.45) is 5.92 Å². The maximum atomic E-state index is 12.4. The molecule has 2 fully saturated rings. The molecular formula is C22H31N5O3. The summed E-state index contributed by atoms with van der Waals surface area (Å²) in [6, 6.07) is 6.12. The smallest absolute Gasteiger partial charge is 0.222 e. The van der Waals surface area contributed by atoms with Gasteiger partial charge in [-0.25, -0.2) is 4.98 Å². The van der Waals surface area contributed by atoms with E-state index < -0.39 is 0 Å². The average molecular weight is 414 g/mol. The summed E-state index contributed by atoms with van der Waals surface area (Å²) >= 11 is 0. The fourth-order valence-electron chi connectivity index (χ4n) is 4.93. The summed E-state index contributed by atoms with van der Waals surface area (Å²) in [4.78, 5) is 21.5. The van der Waals surface area contributed by atoms with Gasteiger partial charge in [-0.05, 0) is 31.5 Å². The van der Waals surface area contributed by atoms with Crippen molar-refractivity contribution >= 4 is 5.91 Å². The zero-order valence-corrected chi connectivity index (χ0v) is 18.3. The number of nitrogens with zero attached hydrogens (tertiary/aromatic N) is 4. The van der Waals surface area contributed by atoms with E-state index in [9.17, 15) is 4.79 Å². The number of rotatable bonds is 7. The fraction of sp³-hybridized carbons (Fsp3) is 0.591. The second kappa shape index (κ2) is 8.26. The van der Waals surface area contributed by atoms with Gasteiger partial charge in [-0.1, -0.05) is 13.0 Å². The molecule has 2 saturated heterocycles. The van der Waals surface area contributed by atoms with E-state index in [4.69, 9.17) is 9.47 Å². The number of carbonyl (C=O) groups excluding carboxylic acids is 1. The molecule has 2 aromatic rings. The summed E-state index contributed by atoms with van der Waals surface area (Å²) in [5.74, 6) is 3.71. The molecule has 2 aliphatic rings. The van der Waals surface area contributed by atoms with Crippen LogP contribution in [0, 0.1) is 12.8 Å². The first kappa shape index (κ1) is 20.7. The highest BCUT2D eigenvalue weighted by Crippen LogP contribution is 2.44. The van der Waals surface area contributed by atoms with Crippen LogP contribution < -0.4 is 9.47 Å². The highest BCUT2D eigenvalue weighted by atomic mass is 16.5. The normalized spacial score (nSPS) is 23.6. The molecule has 4 rings (SSSR count). The second-order valence-electron chi connectivity index (χ2n) is 8.31. The first-order valence-corrected chi connectivity index (χ1v) is 10.7. The minimum Gasteiger partial charge on any atom is -0.493 e. The summed E-state index contributed by atoms with van der Waals surface area (Å²) in [5.41, 5.74) is 0.961. The Labute approximate surface area is 177 Å². The van der Waals surface area contributed by atoms with Gasteiger partial charge in [0.15, 0.2) is 17.3 Å². The molecule has 30 heavy (non-hydrogen) atoms. The Hall–Kier alpha value is -2.61. The summed E-state index contributed by atoms with van der Waals surface area (Å²) in [5, 5.41) is 7.51. The number of aromatic amines is 1. The van der Waals surface area contributed by atoms with Gasteiger partial charge in [0.05, 0.1) is 19.1 Å². The quantitative estimate of drug-likeness (QED) is 0.749. The molecule has 162 valence electrons. The molecule has 0 unspecified atom stereocenters. The van der Waals surface area contributed by atoms with E-state index in [-0.39, 0.29) is 11.3 Å². The number of likely N-dealkylation sites (tertiary alicyclic amines) is 2. The zero-order chi connectivity index (χ0) is 21.3. The van der Waals surface area contributed by atoms with Crippen molar-refractivity contribution in [1.29, 1.82) is 0 Å². The molecule has 8 nitrogen and oxygen atoms in total. The SMILES string of the molecule is CCOc1ccc(CN2C[C@@H]3CN(C(=O)CC)C[C@]3(c3n[nH]c(C)n3)C2)cc1OC. The lowest BCUT2D eigenvalue weighted by Crippen LogP contribution is -2.40. The van der Waals surface area contributed by atoms with Crippen LogP contribution in [0.1, 0.15) is 37.5 Å². The maximum Gasteiger partial charge on any atom is 0.222 e. The Morgan fingerprint density at radius 3 is 2.77 bits per heavy atom. The molecule has 0 spiro atoms. The monoisotopic (exact) mass is 413 g/mol. The van der Waals surface area contributed by atoms with E-state index in [0.717, 1.165) is 49.3 Å². The number of aromatic nitrogens is 3. The maximum absolute atomic E-state index is 12.4. The van der Waals surface area contributed by atoms with E-state index >= 15 is 0 Å². The first-order chi connectivity index (χ1) is 14.5. The Kier molecular flexibility index (Phi) is 5.69. The highest BCUT2D eigenvalue weighted by Gasteiger charge is 2.56. The van der Waals surface area contributed by atoms with Crippen LogP contribution in [0.25, 0.3) is 0 Å². The average Bonchev–Trinajstić information content (AvgIpc) is 3.41. The van der Waals surface area contributed by atoms with Crippen molar-refractivity contribution in [3.05, 3.63) is 35.4 Å². The van der Waals surface area contributed by atoms with Crippen LogP contribution in [-0.2, 0) is 16.8 Å². The molecule has 1 N–H and O–H groups in total. The molecule has 2 aliphatic heterocycles. The molecule has 2 atom stereocenters. The van der Waals surface area contributed by atoms with Crippen molar-refractivity contribution in [3.8, 4) is 11.5 Å². The highest BCUT2D eigenvalue weighted by molar-refractivity contribution is 5.76. The third kappa shape index (κ3) is 3.64. The predicted octanol–water partition coefficient (Wildman–Crippen LogP) is 2.14. The number of nitrogens with one attached hydrogen (secondary N) is 1. The second-order valence-corrected chi connectivity index (χ2v) is 8.31. The van der Waals surface area contributed by atoms with E-state index in [1.807, 2.05) is 31.7 Å². The Morgan fingerprint density at radius 1 is 1.27 bits per heavy atom. The van der Waals surface area contributed by atoms with Gasteiger partial charge >= 0.3 is 0 Å². The first-order valence-electron chi connectivity index (χ1n) is 10.7. The molecule has 8 heteroatoms. The van der Waals surface area contributed by atoms with Crippen LogP contribution in [0.15, 0.2) is 18.2 Å². The number of methoxy groups -OCH3 is 1.